The van der Waals surface area contributed by atoms with Gasteiger partial charge in [-0.15, -0.1) is 0 Å². The van der Waals surface area contributed by atoms with E-state index in [9.17, 15) is 4.79 Å². The maximum absolute atomic E-state index is 13.0. The van der Waals surface area contributed by atoms with Gasteiger partial charge in [-0.2, -0.15) is 0 Å². The number of rotatable bonds is 7. The van der Waals surface area contributed by atoms with Gasteiger partial charge in [0.25, 0.3) is 0 Å². The number of carbonyl (C=O) groups is 1. The number of nitrogens with zero attached hydrogens (tertiary/aromatic N) is 3. The molecule has 1 aliphatic carbocycles. The van der Waals surface area contributed by atoms with Gasteiger partial charge in [0.1, 0.15) is 11.9 Å². The first kappa shape index (κ1) is 17.7. The SMILES string of the molecule is CCn1c(CN(C)[C@H](C(=O)NC2CC2)c2ccccc2)nc2ccccc21. The molecule has 1 N–H and O–H groups in total. The normalized spacial score (nSPS) is 15.2. The minimum Gasteiger partial charge on any atom is -0.352 e. The molecule has 27 heavy (non-hydrogen) atoms. The van der Waals surface area contributed by atoms with Gasteiger partial charge in [0.15, 0.2) is 0 Å². The Morgan fingerprint density at radius 2 is 1.89 bits per heavy atom. The Labute approximate surface area is 160 Å². The van der Waals surface area contributed by atoms with Crippen LogP contribution in [0.4, 0.5) is 0 Å². The standard InChI is InChI=1S/C22H26N4O/c1-3-26-19-12-8-7-11-18(19)24-20(26)15-25(2)21(16-9-5-4-6-10-16)22(27)23-17-13-14-17/h4-12,17,21H,3,13-15H2,1-2H3,(H,23,27)/t21-/m0/s1. The van der Waals surface area contributed by atoms with Crippen molar-refractivity contribution >= 4 is 16.9 Å². The van der Waals surface area contributed by atoms with Crippen molar-refractivity contribution in [3.63, 3.8) is 0 Å². The fraction of sp³-hybridized carbons (Fsp3) is 0.364. The van der Waals surface area contributed by atoms with Crippen LogP contribution in [0.5, 0.6) is 0 Å². The first-order valence-corrected chi connectivity index (χ1v) is 9.67. The topological polar surface area (TPSA) is 50.2 Å². The number of hydrogen-bond donors (Lipinski definition) is 1. The monoisotopic (exact) mass is 362 g/mol. The summed E-state index contributed by atoms with van der Waals surface area (Å²) in [7, 11) is 2.00. The second-order valence-electron chi connectivity index (χ2n) is 7.27. The van der Waals surface area contributed by atoms with Crippen molar-refractivity contribution in [1.82, 2.24) is 19.8 Å². The Morgan fingerprint density at radius 1 is 1.19 bits per heavy atom. The summed E-state index contributed by atoms with van der Waals surface area (Å²) in [6, 6.07) is 18.2. The Hall–Kier alpha value is -2.66. The van der Waals surface area contributed by atoms with Gasteiger partial charge in [-0.3, -0.25) is 9.69 Å². The van der Waals surface area contributed by atoms with E-state index in [2.05, 4.69) is 27.8 Å². The van der Waals surface area contributed by atoms with E-state index in [1.807, 2.05) is 55.6 Å². The number of hydrogen-bond acceptors (Lipinski definition) is 3. The predicted molar refractivity (Wildman–Crippen MR) is 107 cm³/mol. The second kappa shape index (κ2) is 7.53. The number of aromatic nitrogens is 2. The van der Waals surface area contributed by atoms with Gasteiger partial charge >= 0.3 is 0 Å². The molecule has 0 aliphatic heterocycles. The Balaban J connectivity index is 1.63. The number of carbonyl (C=O) groups excluding carboxylic acids is 1. The summed E-state index contributed by atoms with van der Waals surface area (Å²) in [4.78, 5) is 19.9. The molecule has 5 heteroatoms. The minimum absolute atomic E-state index is 0.0744. The van der Waals surface area contributed by atoms with E-state index in [-0.39, 0.29) is 11.9 Å². The van der Waals surface area contributed by atoms with Gasteiger partial charge in [-0.1, -0.05) is 42.5 Å². The summed E-state index contributed by atoms with van der Waals surface area (Å²) < 4.78 is 2.23. The number of amides is 1. The fourth-order valence-electron chi connectivity index (χ4n) is 3.66. The summed E-state index contributed by atoms with van der Waals surface area (Å²) in [6.07, 6.45) is 2.17. The molecule has 0 unspecified atom stereocenters. The minimum atomic E-state index is -0.322. The Morgan fingerprint density at radius 3 is 2.59 bits per heavy atom. The van der Waals surface area contributed by atoms with E-state index in [0.29, 0.717) is 12.6 Å². The van der Waals surface area contributed by atoms with E-state index in [1.54, 1.807) is 0 Å². The van der Waals surface area contributed by atoms with Gasteiger partial charge in [0.05, 0.1) is 17.6 Å². The molecular weight excluding hydrogens is 336 g/mol. The van der Waals surface area contributed by atoms with E-state index < -0.39 is 0 Å². The van der Waals surface area contributed by atoms with Crippen molar-refractivity contribution < 1.29 is 4.79 Å². The van der Waals surface area contributed by atoms with Crippen LogP contribution in [0.1, 0.15) is 37.2 Å². The van der Waals surface area contributed by atoms with Crippen molar-refractivity contribution in [1.29, 1.82) is 0 Å². The lowest BCUT2D eigenvalue weighted by Gasteiger charge is -2.27. The first-order chi connectivity index (χ1) is 13.2. The number of para-hydroxylation sites is 2. The number of aryl methyl sites for hydroxylation is 1. The van der Waals surface area contributed by atoms with E-state index in [4.69, 9.17) is 4.98 Å². The van der Waals surface area contributed by atoms with Crippen molar-refractivity contribution in [3.8, 4) is 0 Å². The van der Waals surface area contributed by atoms with Crippen LogP contribution in [-0.4, -0.2) is 33.4 Å². The quantitative estimate of drug-likeness (QED) is 0.700. The summed E-state index contributed by atoms with van der Waals surface area (Å²) in [5, 5.41) is 3.17. The third kappa shape index (κ3) is 3.74. The molecule has 1 saturated carbocycles. The largest absolute Gasteiger partial charge is 0.352 e. The average Bonchev–Trinajstić information content (AvgIpc) is 3.41. The molecule has 1 amide bonds. The highest BCUT2D eigenvalue weighted by molar-refractivity contribution is 5.83. The third-order valence-corrected chi connectivity index (χ3v) is 5.17. The van der Waals surface area contributed by atoms with Crippen molar-refractivity contribution in [2.24, 2.45) is 0 Å². The maximum atomic E-state index is 13.0. The summed E-state index contributed by atoms with van der Waals surface area (Å²) in [6.45, 7) is 3.60. The average molecular weight is 362 g/mol. The van der Waals surface area contributed by atoms with Crippen LogP contribution >= 0.6 is 0 Å². The second-order valence-corrected chi connectivity index (χ2v) is 7.27. The molecule has 4 rings (SSSR count). The maximum Gasteiger partial charge on any atom is 0.242 e. The zero-order valence-corrected chi connectivity index (χ0v) is 15.9. The molecule has 0 spiro atoms. The molecule has 1 aromatic heterocycles. The highest BCUT2D eigenvalue weighted by Gasteiger charge is 2.31. The Kier molecular flexibility index (Phi) is 4.94. The zero-order chi connectivity index (χ0) is 18.8. The van der Waals surface area contributed by atoms with Crippen LogP contribution in [0.15, 0.2) is 54.6 Å². The molecule has 0 radical (unpaired) electrons. The molecule has 2 aromatic carbocycles. The number of nitrogens with one attached hydrogen (secondary N) is 1. The van der Waals surface area contributed by atoms with Crippen LogP contribution in [0.25, 0.3) is 11.0 Å². The Bertz CT molecular complexity index is 930. The molecular formula is C22H26N4O. The molecule has 1 heterocycles. The van der Waals surface area contributed by atoms with Crippen LogP contribution < -0.4 is 5.32 Å². The van der Waals surface area contributed by atoms with Crippen LogP contribution in [0.2, 0.25) is 0 Å². The molecule has 140 valence electrons. The summed E-state index contributed by atoms with van der Waals surface area (Å²) in [5.41, 5.74) is 3.15. The van der Waals surface area contributed by atoms with Crippen molar-refractivity contribution in [2.45, 2.75) is 44.9 Å². The van der Waals surface area contributed by atoms with Gasteiger partial charge in [-0.25, -0.2) is 4.98 Å². The molecule has 5 nitrogen and oxygen atoms in total. The molecule has 0 bridgehead atoms. The zero-order valence-electron chi connectivity index (χ0n) is 15.9. The van der Waals surface area contributed by atoms with Crippen molar-refractivity contribution in [3.05, 3.63) is 66.0 Å². The van der Waals surface area contributed by atoms with E-state index in [0.717, 1.165) is 41.8 Å². The van der Waals surface area contributed by atoms with Crippen LogP contribution in [-0.2, 0) is 17.9 Å². The molecule has 0 saturated heterocycles. The number of fused-ring (bicyclic) bond motifs is 1. The van der Waals surface area contributed by atoms with Crippen LogP contribution in [0, 0.1) is 0 Å². The molecule has 1 aliphatic rings. The highest BCUT2D eigenvalue weighted by atomic mass is 16.2. The number of likely N-dealkylation sites (N-methyl/N-ethyl adjacent to an activating group) is 1. The lowest BCUT2D eigenvalue weighted by Crippen LogP contribution is -2.39. The number of benzene rings is 2. The third-order valence-electron chi connectivity index (χ3n) is 5.17. The number of imidazole rings is 1. The highest BCUT2D eigenvalue weighted by Crippen LogP contribution is 2.26. The fourth-order valence-corrected chi connectivity index (χ4v) is 3.66. The molecule has 1 atom stereocenters. The molecule has 1 fully saturated rings. The van der Waals surface area contributed by atoms with Gasteiger partial charge in [0, 0.05) is 12.6 Å². The van der Waals surface area contributed by atoms with Gasteiger partial charge < -0.3 is 9.88 Å². The first-order valence-electron chi connectivity index (χ1n) is 9.67. The van der Waals surface area contributed by atoms with E-state index >= 15 is 0 Å². The lowest BCUT2D eigenvalue weighted by molar-refractivity contribution is -0.126. The van der Waals surface area contributed by atoms with Crippen LogP contribution in [0.3, 0.4) is 0 Å². The van der Waals surface area contributed by atoms with Crippen molar-refractivity contribution in [2.75, 3.05) is 7.05 Å². The lowest BCUT2D eigenvalue weighted by atomic mass is 10.0. The summed E-state index contributed by atoms with van der Waals surface area (Å²) >= 11 is 0. The van der Waals surface area contributed by atoms with Gasteiger partial charge in [0.2, 0.25) is 5.91 Å². The predicted octanol–water partition coefficient (Wildman–Crippen LogP) is 3.51. The smallest absolute Gasteiger partial charge is 0.242 e. The molecule has 3 aromatic rings. The summed E-state index contributed by atoms with van der Waals surface area (Å²) in [5.74, 6) is 1.06. The van der Waals surface area contributed by atoms with Gasteiger partial charge in [-0.05, 0) is 44.5 Å². The van der Waals surface area contributed by atoms with E-state index in [1.165, 1.54) is 0 Å².